The van der Waals surface area contributed by atoms with Crippen LogP contribution in [0, 0.1) is 0 Å². The van der Waals surface area contributed by atoms with Crippen LogP contribution in [0.25, 0.3) is 0 Å². The quantitative estimate of drug-likeness (QED) is 0.709. The molecule has 30 heavy (non-hydrogen) atoms. The van der Waals surface area contributed by atoms with Crippen molar-refractivity contribution in [1.29, 1.82) is 0 Å². The van der Waals surface area contributed by atoms with E-state index in [1.54, 1.807) is 12.5 Å². The van der Waals surface area contributed by atoms with Crippen LogP contribution in [0.15, 0.2) is 41.6 Å². The summed E-state index contributed by atoms with van der Waals surface area (Å²) in [5.74, 6) is 0.311. The number of nitrogens with zero attached hydrogens (tertiary/aromatic N) is 4. The van der Waals surface area contributed by atoms with Gasteiger partial charge in [0.2, 0.25) is 0 Å². The van der Waals surface area contributed by atoms with Gasteiger partial charge in [0.05, 0.1) is 36.0 Å². The molecule has 3 heterocycles. The summed E-state index contributed by atoms with van der Waals surface area (Å²) in [5.41, 5.74) is 3.73. The number of alkyl halides is 3. The zero-order valence-corrected chi connectivity index (χ0v) is 16.1. The van der Waals surface area contributed by atoms with E-state index in [9.17, 15) is 18.0 Å². The Labute approximate surface area is 170 Å². The highest BCUT2D eigenvalue weighted by Gasteiger charge is 2.33. The fraction of sp³-hybridized carbons (Fsp3) is 0.381. The molecule has 3 aromatic rings. The Balaban J connectivity index is 1.36. The van der Waals surface area contributed by atoms with Crippen LogP contribution in [0.5, 0.6) is 0 Å². The van der Waals surface area contributed by atoms with Crippen molar-refractivity contribution in [3.8, 4) is 0 Å². The van der Waals surface area contributed by atoms with Crippen molar-refractivity contribution in [3.05, 3.63) is 75.2 Å². The molecule has 1 fully saturated rings. The van der Waals surface area contributed by atoms with Gasteiger partial charge in [-0.2, -0.15) is 18.3 Å². The number of anilines is 1. The topological polar surface area (TPSA) is 66.8 Å². The first-order chi connectivity index (χ1) is 14.4. The molecule has 1 aliphatic heterocycles. The normalized spacial score (nSPS) is 16.6. The van der Waals surface area contributed by atoms with E-state index >= 15 is 0 Å². The molecule has 6 nitrogen and oxygen atoms in total. The van der Waals surface area contributed by atoms with Gasteiger partial charge in [0.25, 0.3) is 5.56 Å². The Kier molecular flexibility index (Phi) is 4.41. The van der Waals surface area contributed by atoms with Crippen LogP contribution in [0.3, 0.4) is 0 Å². The molecule has 2 aliphatic rings. The lowest BCUT2D eigenvalue weighted by atomic mass is 10.1. The molecule has 156 valence electrons. The first-order valence-corrected chi connectivity index (χ1v) is 9.91. The Morgan fingerprint density at radius 3 is 2.63 bits per heavy atom. The van der Waals surface area contributed by atoms with Crippen LogP contribution in [0.2, 0.25) is 0 Å². The third-order valence-corrected chi connectivity index (χ3v) is 5.83. The summed E-state index contributed by atoms with van der Waals surface area (Å²) in [4.78, 5) is 18.9. The van der Waals surface area contributed by atoms with Gasteiger partial charge in [0.15, 0.2) is 0 Å². The van der Waals surface area contributed by atoms with E-state index in [1.807, 2.05) is 4.57 Å². The number of nitrogens with one attached hydrogen (secondary N) is 1. The van der Waals surface area contributed by atoms with E-state index in [1.165, 1.54) is 12.1 Å². The Morgan fingerprint density at radius 2 is 1.93 bits per heavy atom. The van der Waals surface area contributed by atoms with Crippen LogP contribution < -0.4 is 10.5 Å². The molecule has 0 unspecified atom stereocenters. The van der Waals surface area contributed by atoms with Crippen LogP contribution >= 0.6 is 0 Å². The summed E-state index contributed by atoms with van der Waals surface area (Å²) in [7, 11) is 0. The van der Waals surface area contributed by atoms with Crippen molar-refractivity contribution < 1.29 is 13.2 Å². The van der Waals surface area contributed by atoms with E-state index in [0.29, 0.717) is 19.0 Å². The average molecular weight is 415 g/mol. The molecule has 5 rings (SSSR count). The van der Waals surface area contributed by atoms with E-state index in [0.717, 1.165) is 66.1 Å². The first-order valence-electron chi connectivity index (χ1n) is 9.91. The molecule has 1 aliphatic carbocycles. The van der Waals surface area contributed by atoms with Gasteiger partial charge in [0.1, 0.15) is 0 Å². The van der Waals surface area contributed by atoms with E-state index in [-0.39, 0.29) is 5.56 Å². The molecule has 9 heteroatoms. The summed E-state index contributed by atoms with van der Waals surface area (Å²) < 4.78 is 40.3. The molecular formula is C21H20F3N5O. The molecule has 0 spiro atoms. The second-order valence-corrected chi connectivity index (χ2v) is 7.90. The Morgan fingerprint density at radius 1 is 1.17 bits per heavy atom. The number of H-pyrrole nitrogens is 1. The molecular weight excluding hydrogens is 395 g/mol. The zero-order chi connectivity index (χ0) is 20.9. The average Bonchev–Trinajstić information content (AvgIpc) is 3.48. The summed E-state index contributed by atoms with van der Waals surface area (Å²) in [6.07, 6.45) is 1.93. The van der Waals surface area contributed by atoms with Crippen LogP contribution in [-0.4, -0.2) is 26.3 Å². The highest BCUT2D eigenvalue weighted by molar-refractivity contribution is 5.55. The van der Waals surface area contributed by atoms with E-state index in [4.69, 9.17) is 0 Å². The van der Waals surface area contributed by atoms with Gasteiger partial charge in [-0.3, -0.25) is 4.79 Å². The zero-order valence-electron chi connectivity index (χ0n) is 16.1. The summed E-state index contributed by atoms with van der Waals surface area (Å²) in [6, 6.07) is 5.24. The van der Waals surface area contributed by atoms with Crippen molar-refractivity contribution in [2.75, 3.05) is 11.4 Å². The number of benzene rings is 1. The van der Waals surface area contributed by atoms with Gasteiger partial charge in [-0.05, 0) is 36.5 Å². The third-order valence-electron chi connectivity index (χ3n) is 5.83. The van der Waals surface area contributed by atoms with Crippen molar-refractivity contribution in [2.45, 2.75) is 44.4 Å². The molecule has 1 aromatic carbocycles. The summed E-state index contributed by atoms with van der Waals surface area (Å²) >= 11 is 0. The number of hydrogen-bond acceptors (Lipinski definition) is 4. The second-order valence-electron chi connectivity index (χ2n) is 7.90. The predicted molar refractivity (Wildman–Crippen MR) is 104 cm³/mol. The minimum absolute atomic E-state index is 0.117. The molecule has 1 N–H and O–H groups in total. The first kappa shape index (κ1) is 18.9. The van der Waals surface area contributed by atoms with Crippen molar-refractivity contribution in [3.63, 3.8) is 0 Å². The smallest absolute Gasteiger partial charge is 0.363 e. The number of fused-ring (bicyclic) bond motifs is 1. The summed E-state index contributed by atoms with van der Waals surface area (Å²) in [6.45, 7) is 1.79. The molecule has 0 amide bonds. The number of aromatic amines is 1. The van der Waals surface area contributed by atoms with Crippen molar-refractivity contribution in [2.24, 2.45) is 0 Å². The molecule has 2 aromatic heterocycles. The molecule has 0 saturated heterocycles. The number of halogens is 3. The maximum absolute atomic E-state index is 12.8. The maximum Gasteiger partial charge on any atom is 0.416 e. The Bertz CT molecular complexity index is 1130. The van der Waals surface area contributed by atoms with Crippen LogP contribution in [-0.2, 0) is 25.7 Å². The van der Waals surface area contributed by atoms with Crippen LogP contribution in [0.1, 0.15) is 46.8 Å². The van der Waals surface area contributed by atoms with Gasteiger partial charge in [-0.15, -0.1) is 0 Å². The fourth-order valence-corrected chi connectivity index (χ4v) is 4.12. The largest absolute Gasteiger partial charge is 0.416 e. The van der Waals surface area contributed by atoms with Crippen LogP contribution in [0.4, 0.5) is 18.9 Å². The minimum atomic E-state index is -4.33. The second kappa shape index (κ2) is 7.00. The van der Waals surface area contributed by atoms with Gasteiger partial charge in [0, 0.05) is 30.8 Å². The number of hydrogen-bond donors (Lipinski definition) is 1. The molecule has 0 atom stereocenters. The van der Waals surface area contributed by atoms with Gasteiger partial charge in [-0.25, -0.2) is 10.1 Å². The molecule has 0 bridgehead atoms. The fourth-order valence-electron chi connectivity index (χ4n) is 4.12. The SMILES string of the molecule is O=c1[nH]ncc(N2CCc3c(ncn3Cc3ccc(C(F)(F)F)cc3)C2)c1C1CC1. The molecule has 1 saturated carbocycles. The lowest BCUT2D eigenvalue weighted by Crippen LogP contribution is -2.33. The highest BCUT2D eigenvalue weighted by Crippen LogP contribution is 2.42. The van der Waals surface area contributed by atoms with E-state index < -0.39 is 11.7 Å². The number of imidazole rings is 1. The Hall–Kier alpha value is -3.10. The monoisotopic (exact) mass is 415 g/mol. The van der Waals surface area contributed by atoms with Crippen molar-refractivity contribution >= 4 is 5.69 Å². The standard InChI is InChI=1S/C21H20F3N5O/c22-21(23,24)15-5-1-13(2-6-15)10-29-12-25-16-11-28(8-7-17(16)29)18-9-26-27-20(30)19(18)14-3-4-14/h1-2,5-6,9,12,14H,3-4,7-8,10-11H2,(H,27,30). The minimum Gasteiger partial charge on any atom is -0.363 e. The highest BCUT2D eigenvalue weighted by atomic mass is 19.4. The lowest BCUT2D eigenvalue weighted by Gasteiger charge is -2.30. The lowest BCUT2D eigenvalue weighted by molar-refractivity contribution is -0.137. The molecule has 0 radical (unpaired) electrons. The van der Waals surface area contributed by atoms with Gasteiger partial charge >= 0.3 is 6.18 Å². The number of aromatic nitrogens is 4. The van der Waals surface area contributed by atoms with Gasteiger partial charge < -0.3 is 9.47 Å². The predicted octanol–water partition coefficient (Wildman–Crippen LogP) is 3.47. The van der Waals surface area contributed by atoms with E-state index in [2.05, 4.69) is 20.1 Å². The third kappa shape index (κ3) is 3.48. The number of rotatable bonds is 4. The van der Waals surface area contributed by atoms with Crippen molar-refractivity contribution in [1.82, 2.24) is 19.7 Å². The van der Waals surface area contributed by atoms with Gasteiger partial charge in [-0.1, -0.05) is 12.1 Å². The summed E-state index contributed by atoms with van der Waals surface area (Å²) in [5, 5.41) is 6.53. The maximum atomic E-state index is 12.8.